The molecule has 0 atom stereocenters. The first-order valence-electron chi connectivity index (χ1n) is 8.15. The van der Waals surface area contributed by atoms with E-state index in [0.717, 1.165) is 32.4 Å². The van der Waals surface area contributed by atoms with Gasteiger partial charge in [-0.05, 0) is 49.4 Å². The molecule has 1 aliphatic rings. The molecular formula is C18H28N2O. The molecule has 1 aromatic carbocycles. The Kier molecular flexibility index (Phi) is 5.40. The number of hydrogen-bond acceptors (Lipinski definition) is 2. The first-order valence-corrected chi connectivity index (χ1v) is 8.15. The number of nitrogens with one attached hydrogen (secondary N) is 2. The van der Waals surface area contributed by atoms with E-state index in [2.05, 4.69) is 55.7 Å². The summed E-state index contributed by atoms with van der Waals surface area (Å²) in [6.45, 7) is 9.04. The maximum absolute atomic E-state index is 12.6. The molecule has 0 aromatic heterocycles. The van der Waals surface area contributed by atoms with Crippen molar-refractivity contribution in [3.63, 3.8) is 0 Å². The number of piperidine rings is 1. The van der Waals surface area contributed by atoms with Crippen LogP contribution in [0.5, 0.6) is 0 Å². The molecule has 0 aliphatic carbocycles. The van der Waals surface area contributed by atoms with Crippen molar-refractivity contribution in [1.82, 2.24) is 10.6 Å². The van der Waals surface area contributed by atoms with E-state index < -0.39 is 0 Å². The molecule has 3 nitrogen and oxygen atoms in total. The number of hydrogen-bond donors (Lipinski definition) is 2. The summed E-state index contributed by atoms with van der Waals surface area (Å²) >= 11 is 0. The number of carbonyl (C=O) groups is 1. The van der Waals surface area contributed by atoms with E-state index in [0.29, 0.717) is 12.5 Å². The monoisotopic (exact) mass is 288 g/mol. The summed E-state index contributed by atoms with van der Waals surface area (Å²) in [6.07, 6.45) is 2.82. The van der Waals surface area contributed by atoms with E-state index in [1.54, 1.807) is 0 Å². The molecule has 116 valence electrons. The topological polar surface area (TPSA) is 41.1 Å². The zero-order chi connectivity index (χ0) is 15.3. The molecule has 2 rings (SSSR count). The van der Waals surface area contributed by atoms with Crippen molar-refractivity contribution < 1.29 is 4.79 Å². The second-order valence-electron chi connectivity index (χ2n) is 6.46. The van der Waals surface area contributed by atoms with Crippen molar-refractivity contribution in [2.24, 2.45) is 5.41 Å². The number of carbonyl (C=O) groups excluding carboxylic acids is 1. The van der Waals surface area contributed by atoms with Crippen LogP contribution < -0.4 is 10.6 Å². The first kappa shape index (κ1) is 16.0. The van der Waals surface area contributed by atoms with E-state index in [-0.39, 0.29) is 11.3 Å². The van der Waals surface area contributed by atoms with Crippen molar-refractivity contribution in [1.29, 1.82) is 0 Å². The molecule has 0 bridgehead atoms. The van der Waals surface area contributed by atoms with Crippen molar-refractivity contribution in [3.05, 3.63) is 35.4 Å². The van der Waals surface area contributed by atoms with Gasteiger partial charge < -0.3 is 10.6 Å². The second kappa shape index (κ2) is 7.08. The number of rotatable bonds is 5. The lowest BCUT2D eigenvalue weighted by Crippen LogP contribution is -2.47. The molecule has 21 heavy (non-hydrogen) atoms. The molecule has 2 N–H and O–H groups in total. The van der Waals surface area contributed by atoms with Crippen LogP contribution in [-0.4, -0.2) is 19.0 Å². The van der Waals surface area contributed by atoms with Gasteiger partial charge in [0.25, 0.3) is 0 Å². The molecule has 0 radical (unpaired) electrons. The quantitative estimate of drug-likeness (QED) is 0.873. The fourth-order valence-corrected chi connectivity index (χ4v) is 3.04. The van der Waals surface area contributed by atoms with Crippen LogP contribution in [0, 0.1) is 5.41 Å². The van der Waals surface area contributed by atoms with E-state index in [9.17, 15) is 4.79 Å². The van der Waals surface area contributed by atoms with Crippen LogP contribution in [0.3, 0.4) is 0 Å². The Morgan fingerprint density at radius 2 is 1.86 bits per heavy atom. The molecule has 1 aliphatic heterocycles. The summed E-state index contributed by atoms with van der Waals surface area (Å²) in [5.41, 5.74) is 2.35. The zero-order valence-electron chi connectivity index (χ0n) is 13.5. The summed E-state index contributed by atoms with van der Waals surface area (Å²) < 4.78 is 0. The lowest BCUT2D eigenvalue weighted by Gasteiger charge is -2.35. The fourth-order valence-electron chi connectivity index (χ4n) is 3.04. The SMILES string of the molecule is CCC1(C(=O)NCc2ccc(C(C)C)cc2)CCNCC1. The highest BCUT2D eigenvalue weighted by Crippen LogP contribution is 2.32. The van der Waals surface area contributed by atoms with Crippen molar-refractivity contribution in [2.45, 2.75) is 52.5 Å². The number of amides is 1. The fraction of sp³-hybridized carbons (Fsp3) is 0.611. The Morgan fingerprint density at radius 3 is 2.38 bits per heavy atom. The van der Waals surface area contributed by atoms with Gasteiger partial charge in [0.05, 0.1) is 5.41 Å². The first-order chi connectivity index (χ1) is 10.1. The van der Waals surface area contributed by atoms with Gasteiger partial charge in [0, 0.05) is 6.54 Å². The maximum atomic E-state index is 12.6. The summed E-state index contributed by atoms with van der Waals surface area (Å²) in [5, 5.41) is 6.48. The summed E-state index contributed by atoms with van der Waals surface area (Å²) in [7, 11) is 0. The molecule has 0 unspecified atom stereocenters. The van der Waals surface area contributed by atoms with Gasteiger partial charge in [-0.25, -0.2) is 0 Å². The predicted octanol–water partition coefficient (Wildman–Crippen LogP) is 3.21. The minimum atomic E-state index is -0.164. The third kappa shape index (κ3) is 3.85. The molecular weight excluding hydrogens is 260 g/mol. The molecule has 1 heterocycles. The highest BCUT2D eigenvalue weighted by molar-refractivity contribution is 5.82. The third-order valence-electron chi connectivity index (χ3n) is 4.82. The van der Waals surface area contributed by atoms with E-state index in [1.807, 2.05) is 0 Å². The Hall–Kier alpha value is -1.35. The van der Waals surface area contributed by atoms with Gasteiger partial charge in [-0.15, -0.1) is 0 Å². The summed E-state index contributed by atoms with van der Waals surface area (Å²) in [4.78, 5) is 12.6. The smallest absolute Gasteiger partial charge is 0.226 e. The van der Waals surface area contributed by atoms with E-state index in [1.165, 1.54) is 11.1 Å². The Morgan fingerprint density at radius 1 is 1.24 bits per heavy atom. The van der Waals surface area contributed by atoms with E-state index in [4.69, 9.17) is 0 Å². The van der Waals surface area contributed by atoms with Gasteiger partial charge in [-0.2, -0.15) is 0 Å². The molecule has 1 amide bonds. The van der Waals surface area contributed by atoms with Crippen LogP contribution in [0.2, 0.25) is 0 Å². The van der Waals surface area contributed by atoms with Crippen LogP contribution in [0.4, 0.5) is 0 Å². The predicted molar refractivity (Wildman–Crippen MR) is 87.2 cm³/mol. The minimum Gasteiger partial charge on any atom is -0.352 e. The van der Waals surface area contributed by atoms with Gasteiger partial charge in [0.15, 0.2) is 0 Å². The molecule has 0 saturated carbocycles. The van der Waals surface area contributed by atoms with Gasteiger partial charge in [0.2, 0.25) is 5.91 Å². The lowest BCUT2D eigenvalue weighted by atomic mass is 9.76. The van der Waals surface area contributed by atoms with Gasteiger partial charge >= 0.3 is 0 Å². The maximum Gasteiger partial charge on any atom is 0.226 e. The van der Waals surface area contributed by atoms with Crippen molar-refractivity contribution in [2.75, 3.05) is 13.1 Å². The highest BCUT2D eigenvalue weighted by Gasteiger charge is 2.37. The average molecular weight is 288 g/mol. The standard InChI is InChI=1S/C18H28N2O/c1-4-18(9-11-19-12-10-18)17(21)20-13-15-5-7-16(8-6-15)14(2)3/h5-8,14,19H,4,9-13H2,1-3H3,(H,20,21). The summed E-state index contributed by atoms with van der Waals surface area (Å²) in [6, 6.07) is 8.56. The minimum absolute atomic E-state index is 0.164. The van der Waals surface area contributed by atoms with E-state index >= 15 is 0 Å². The van der Waals surface area contributed by atoms with Crippen LogP contribution in [0.25, 0.3) is 0 Å². The van der Waals surface area contributed by atoms with Gasteiger partial charge in [-0.3, -0.25) is 4.79 Å². The Labute approximate surface area is 128 Å². The van der Waals surface area contributed by atoms with Crippen LogP contribution >= 0.6 is 0 Å². The molecule has 1 fully saturated rings. The van der Waals surface area contributed by atoms with Crippen LogP contribution in [0.15, 0.2) is 24.3 Å². The van der Waals surface area contributed by atoms with Crippen LogP contribution in [0.1, 0.15) is 57.1 Å². The van der Waals surface area contributed by atoms with Crippen molar-refractivity contribution >= 4 is 5.91 Å². The highest BCUT2D eigenvalue weighted by atomic mass is 16.2. The van der Waals surface area contributed by atoms with Gasteiger partial charge in [0.1, 0.15) is 0 Å². The van der Waals surface area contributed by atoms with Crippen molar-refractivity contribution in [3.8, 4) is 0 Å². The zero-order valence-corrected chi connectivity index (χ0v) is 13.5. The van der Waals surface area contributed by atoms with Gasteiger partial charge in [-0.1, -0.05) is 45.0 Å². The normalized spacial score (nSPS) is 17.7. The third-order valence-corrected chi connectivity index (χ3v) is 4.82. The Balaban J connectivity index is 1.93. The molecule has 0 spiro atoms. The largest absolute Gasteiger partial charge is 0.352 e. The molecule has 3 heteroatoms. The second-order valence-corrected chi connectivity index (χ2v) is 6.46. The average Bonchev–Trinajstić information content (AvgIpc) is 2.53. The van der Waals surface area contributed by atoms with Crippen LogP contribution in [-0.2, 0) is 11.3 Å². The summed E-state index contributed by atoms with van der Waals surface area (Å²) in [5.74, 6) is 0.770. The number of benzene rings is 1. The molecule has 1 saturated heterocycles. The lowest BCUT2D eigenvalue weighted by molar-refractivity contribution is -0.133. The molecule has 1 aromatic rings. The Bertz CT molecular complexity index is 459.